The fraction of sp³-hybridized carbons (Fsp3) is 0. The predicted molar refractivity (Wildman–Crippen MR) is 88.8 cm³/mol. The van der Waals surface area contributed by atoms with E-state index >= 15 is 0 Å². The number of pyridine rings is 1. The van der Waals surface area contributed by atoms with Gasteiger partial charge in [-0.1, -0.05) is 33.6 Å². The Morgan fingerprint density at radius 1 is 1.10 bits per heavy atom. The quantitative estimate of drug-likeness (QED) is 0.705. The summed E-state index contributed by atoms with van der Waals surface area (Å²) in [4.78, 5) is 16.7. The Bertz CT molecular complexity index is 818. The van der Waals surface area contributed by atoms with Crippen LogP contribution in [0.2, 0.25) is 5.02 Å². The summed E-state index contributed by atoms with van der Waals surface area (Å²) in [6, 6.07) is 14.4. The smallest absolute Gasteiger partial charge is 0.256 e. The molecule has 0 aliphatic rings. The number of aromatic nitrogens is 1. The topological polar surface area (TPSA) is 42.0 Å². The van der Waals surface area contributed by atoms with E-state index in [-0.39, 0.29) is 5.91 Å². The van der Waals surface area contributed by atoms with E-state index in [4.69, 9.17) is 11.6 Å². The predicted octanol–water partition coefficient (Wildman–Crippen LogP) is 4.90. The van der Waals surface area contributed by atoms with Gasteiger partial charge in [-0.15, -0.1) is 0 Å². The summed E-state index contributed by atoms with van der Waals surface area (Å²) < 4.78 is 0.928. The maximum absolute atomic E-state index is 12.4. The van der Waals surface area contributed by atoms with E-state index in [0.717, 1.165) is 15.4 Å². The summed E-state index contributed by atoms with van der Waals surface area (Å²) in [6.07, 6.45) is 1.63. The van der Waals surface area contributed by atoms with Gasteiger partial charge in [-0.05, 0) is 42.5 Å². The first-order valence-corrected chi connectivity index (χ1v) is 7.42. The molecule has 3 aromatic rings. The van der Waals surface area contributed by atoms with Crippen LogP contribution in [0.4, 0.5) is 5.69 Å². The third-order valence-corrected chi connectivity index (χ3v) is 3.80. The highest BCUT2D eigenvalue weighted by Crippen LogP contribution is 2.22. The van der Waals surface area contributed by atoms with Crippen molar-refractivity contribution in [3.8, 4) is 0 Å². The number of anilines is 1. The number of carbonyl (C=O) groups excluding carboxylic acids is 1. The number of fused-ring (bicyclic) bond motifs is 1. The van der Waals surface area contributed by atoms with Gasteiger partial charge in [0.05, 0.1) is 11.1 Å². The van der Waals surface area contributed by atoms with Crippen molar-refractivity contribution in [1.82, 2.24) is 4.98 Å². The van der Waals surface area contributed by atoms with Crippen molar-refractivity contribution in [1.29, 1.82) is 0 Å². The highest BCUT2D eigenvalue weighted by atomic mass is 79.9. The molecule has 104 valence electrons. The lowest BCUT2D eigenvalue weighted by Gasteiger charge is -2.08. The number of hydrogen-bond donors (Lipinski definition) is 1. The molecule has 1 N–H and O–H groups in total. The van der Waals surface area contributed by atoms with Gasteiger partial charge < -0.3 is 5.32 Å². The zero-order chi connectivity index (χ0) is 14.8. The Balaban J connectivity index is 1.96. The molecule has 0 spiro atoms. The van der Waals surface area contributed by atoms with Crippen molar-refractivity contribution in [3.63, 3.8) is 0 Å². The van der Waals surface area contributed by atoms with Crippen LogP contribution in [0.25, 0.3) is 10.9 Å². The summed E-state index contributed by atoms with van der Waals surface area (Å²) in [5.41, 5.74) is 2.06. The van der Waals surface area contributed by atoms with Gasteiger partial charge in [-0.2, -0.15) is 0 Å². The molecule has 0 aliphatic heterocycles. The number of nitrogens with one attached hydrogen (secondary N) is 1. The second-order valence-corrected chi connectivity index (χ2v) is 5.83. The molecular weight excluding hydrogens is 352 g/mol. The molecule has 0 bridgehead atoms. The molecule has 1 amide bonds. The monoisotopic (exact) mass is 360 g/mol. The van der Waals surface area contributed by atoms with Crippen LogP contribution in [0.5, 0.6) is 0 Å². The van der Waals surface area contributed by atoms with Gasteiger partial charge in [0.2, 0.25) is 0 Å². The second kappa shape index (κ2) is 5.84. The first kappa shape index (κ1) is 14.0. The Kier molecular flexibility index (Phi) is 3.90. The average molecular weight is 362 g/mol. The largest absolute Gasteiger partial charge is 0.322 e. The molecule has 3 nitrogen and oxygen atoms in total. The van der Waals surface area contributed by atoms with Crippen LogP contribution in [0.3, 0.4) is 0 Å². The molecule has 5 heteroatoms. The number of halogens is 2. The summed E-state index contributed by atoms with van der Waals surface area (Å²) >= 11 is 9.23. The van der Waals surface area contributed by atoms with E-state index in [1.807, 2.05) is 18.2 Å². The fourth-order valence-electron chi connectivity index (χ4n) is 2.05. The molecule has 1 aromatic heterocycles. The van der Waals surface area contributed by atoms with Crippen LogP contribution in [0.15, 0.2) is 59.2 Å². The maximum Gasteiger partial charge on any atom is 0.256 e. The van der Waals surface area contributed by atoms with Gasteiger partial charge in [0.15, 0.2) is 0 Å². The normalized spacial score (nSPS) is 10.6. The third kappa shape index (κ3) is 3.06. The highest BCUT2D eigenvalue weighted by Gasteiger charge is 2.11. The van der Waals surface area contributed by atoms with Crippen LogP contribution < -0.4 is 5.32 Å². The lowest BCUT2D eigenvalue weighted by atomic mass is 10.1. The molecule has 0 fully saturated rings. The van der Waals surface area contributed by atoms with E-state index in [0.29, 0.717) is 16.3 Å². The first-order chi connectivity index (χ1) is 10.1. The standard InChI is InChI=1S/C16H10BrClN2O/c17-10-1-6-13-14(7-8-19-15(13)9-10)16(21)20-12-4-2-11(18)3-5-12/h1-9H,(H,20,21). The number of carbonyl (C=O) groups is 1. The Morgan fingerprint density at radius 2 is 1.86 bits per heavy atom. The summed E-state index contributed by atoms with van der Waals surface area (Å²) in [5, 5.41) is 4.30. The van der Waals surface area contributed by atoms with Gasteiger partial charge in [0, 0.05) is 26.8 Å². The van der Waals surface area contributed by atoms with Gasteiger partial charge in [0.1, 0.15) is 0 Å². The number of nitrogens with zero attached hydrogens (tertiary/aromatic N) is 1. The van der Waals surface area contributed by atoms with Gasteiger partial charge >= 0.3 is 0 Å². The minimum absolute atomic E-state index is 0.174. The average Bonchev–Trinajstić information content (AvgIpc) is 2.48. The van der Waals surface area contributed by atoms with Crippen LogP contribution in [-0.2, 0) is 0 Å². The van der Waals surface area contributed by atoms with Gasteiger partial charge in [-0.3, -0.25) is 9.78 Å². The summed E-state index contributed by atoms with van der Waals surface area (Å²) in [6.45, 7) is 0. The van der Waals surface area contributed by atoms with Crippen molar-refractivity contribution in [2.45, 2.75) is 0 Å². The van der Waals surface area contributed by atoms with Crippen molar-refractivity contribution in [2.24, 2.45) is 0 Å². The maximum atomic E-state index is 12.4. The zero-order valence-corrected chi connectivity index (χ0v) is 13.1. The van der Waals surface area contributed by atoms with Crippen LogP contribution in [0.1, 0.15) is 10.4 Å². The molecule has 1 heterocycles. The van der Waals surface area contributed by atoms with E-state index in [9.17, 15) is 4.79 Å². The van der Waals surface area contributed by atoms with Crippen LogP contribution in [0, 0.1) is 0 Å². The van der Waals surface area contributed by atoms with Gasteiger partial charge in [-0.25, -0.2) is 0 Å². The van der Waals surface area contributed by atoms with Crippen LogP contribution in [-0.4, -0.2) is 10.9 Å². The number of hydrogen-bond acceptors (Lipinski definition) is 2. The molecule has 21 heavy (non-hydrogen) atoms. The van der Waals surface area contributed by atoms with E-state index in [1.165, 1.54) is 0 Å². The number of benzene rings is 2. The lowest BCUT2D eigenvalue weighted by molar-refractivity contribution is 0.102. The molecule has 0 unspecified atom stereocenters. The lowest BCUT2D eigenvalue weighted by Crippen LogP contribution is -2.12. The minimum atomic E-state index is -0.174. The van der Waals surface area contributed by atoms with Crippen molar-refractivity contribution in [3.05, 3.63) is 69.8 Å². The SMILES string of the molecule is O=C(Nc1ccc(Cl)cc1)c1ccnc2cc(Br)ccc12. The first-order valence-electron chi connectivity index (χ1n) is 6.25. The van der Waals surface area contributed by atoms with Crippen LogP contribution >= 0.6 is 27.5 Å². The van der Waals surface area contributed by atoms with E-state index < -0.39 is 0 Å². The fourth-order valence-corrected chi connectivity index (χ4v) is 2.53. The van der Waals surface area contributed by atoms with Crippen molar-refractivity contribution in [2.75, 3.05) is 5.32 Å². The number of rotatable bonds is 2. The Labute approximate surface area is 135 Å². The molecule has 2 aromatic carbocycles. The summed E-state index contributed by atoms with van der Waals surface area (Å²) in [7, 11) is 0. The van der Waals surface area contributed by atoms with E-state index in [2.05, 4.69) is 26.2 Å². The van der Waals surface area contributed by atoms with E-state index in [1.54, 1.807) is 36.5 Å². The molecule has 0 saturated heterocycles. The molecule has 3 rings (SSSR count). The third-order valence-electron chi connectivity index (χ3n) is 3.05. The molecular formula is C16H10BrClN2O. The highest BCUT2D eigenvalue weighted by molar-refractivity contribution is 9.10. The minimum Gasteiger partial charge on any atom is -0.322 e. The zero-order valence-electron chi connectivity index (χ0n) is 10.8. The molecule has 0 saturated carbocycles. The molecule has 0 radical (unpaired) electrons. The van der Waals surface area contributed by atoms with Crippen molar-refractivity contribution < 1.29 is 4.79 Å². The second-order valence-electron chi connectivity index (χ2n) is 4.48. The van der Waals surface area contributed by atoms with Crippen molar-refractivity contribution >= 4 is 50.0 Å². The summed E-state index contributed by atoms with van der Waals surface area (Å²) in [5.74, 6) is -0.174. The van der Waals surface area contributed by atoms with Gasteiger partial charge in [0.25, 0.3) is 5.91 Å². The molecule has 0 aliphatic carbocycles. The Morgan fingerprint density at radius 3 is 2.62 bits per heavy atom. The molecule has 0 atom stereocenters. The Hall–Kier alpha value is -1.91. The number of amides is 1.